The summed E-state index contributed by atoms with van der Waals surface area (Å²) in [7, 11) is 0. The molecule has 0 aliphatic heterocycles. The average Bonchev–Trinajstić information content (AvgIpc) is 2.68. The largest absolute Gasteiger partial charge is 0.384 e. The molecule has 1 aromatic heterocycles. The van der Waals surface area contributed by atoms with Crippen molar-refractivity contribution in [1.29, 1.82) is 0 Å². The fraction of sp³-hybridized carbons (Fsp3) is 0.733. The molecule has 5 rings (SSSR count). The third-order valence-electron chi connectivity index (χ3n) is 5.71. The lowest BCUT2D eigenvalue weighted by molar-refractivity contribution is -0.0632. The number of hydrogen-bond donors (Lipinski definition) is 2. The Morgan fingerprint density at radius 1 is 1.25 bits per heavy atom. The molecule has 0 atom stereocenters. The molecule has 4 saturated carbocycles. The van der Waals surface area contributed by atoms with Gasteiger partial charge in [0.15, 0.2) is 5.69 Å². The number of nitrogen functional groups attached to an aromatic ring is 1. The number of carbonyl (C=O) groups is 1. The van der Waals surface area contributed by atoms with E-state index >= 15 is 0 Å². The number of rotatable bonds is 3. The Bertz CT molecular complexity index is 527. The molecule has 4 aliphatic rings. The van der Waals surface area contributed by atoms with Gasteiger partial charge >= 0.3 is 0 Å². The highest BCUT2D eigenvalue weighted by molar-refractivity contribution is 5.91. The van der Waals surface area contributed by atoms with Crippen LogP contribution < -0.4 is 11.5 Å². The molecule has 0 unspecified atom stereocenters. The van der Waals surface area contributed by atoms with E-state index in [0.29, 0.717) is 11.2 Å². The van der Waals surface area contributed by atoms with E-state index in [1.807, 2.05) is 4.68 Å². The Morgan fingerprint density at radius 3 is 2.25 bits per heavy atom. The normalized spacial score (nSPS) is 38.3. The van der Waals surface area contributed by atoms with E-state index in [1.165, 1.54) is 38.5 Å². The summed E-state index contributed by atoms with van der Waals surface area (Å²) >= 11 is 0. The van der Waals surface area contributed by atoms with Crippen LogP contribution in [0, 0.1) is 23.2 Å². The Hall–Kier alpha value is -1.52. The lowest BCUT2D eigenvalue weighted by atomic mass is 9.49. The highest BCUT2D eigenvalue weighted by Crippen LogP contribution is 2.60. The van der Waals surface area contributed by atoms with Gasteiger partial charge in [-0.2, -0.15) is 5.10 Å². The number of nitrogens with zero attached hydrogens (tertiary/aromatic N) is 2. The van der Waals surface area contributed by atoms with E-state index in [1.54, 1.807) is 6.07 Å². The minimum Gasteiger partial charge on any atom is -0.384 e. The van der Waals surface area contributed by atoms with Crippen molar-refractivity contribution in [1.82, 2.24) is 9.78 Å². The highest BCUT2D eigenvalue weighted by atomic mass is 16.1. The summed E-state index contributed by atoms with van der Waals surface area (Å²) in [5.74, 6) is 2.80. The number of aromatic nitrogens is 2. The van der Waals surface area contributed by atoms with Crippen LogP contribution in [0.1, 0.15) is 49.0 Å². The van der Waals surface area contributed by atoms with Gasteiger partial charge in [0.2, 0.25) is 0 Å². The second-order valence-electron chi connectivity index (χ2n) is 7.39. The lowest BCUT2D eigenvalue weighted by Crippen LogP contribution is -2.48. The van der Waals surface area contributed by atoms with Gasteiger partial charge in [0.05, 0.1) is 0 Å². The Balaban J connectivity index is 1.61. The summed E-state index contributed by atoms with van der Waals surface area (Å²) in [5.41, 5.74) is 11.9. The standard InChI is InChI=1S/C15H22N4O/c16-13-4-12(14(17)20)18-19(13)8-15-5-9-1-10(6-15)3-11(2-9)7-15/h4,9-11H,1-3,5-8,16H2,(H2,17,20). The van der Waals surface area contributed by atoms with Gasteiger partial charge in [-0.05, 0) is 61.7 Å². The van der Waals surface area contributed by atoms with E-state index in [4.69, 9.17) is 11.5 Å². The second kappa shape index (κ2) is 3.99. The zero-order valence-corrected chi connectivity index (χ0v) is 11.7. The summed E-state index contributed by atoms with van der Waals surface area (Å²) in [6.45, 7) is 0.857. The van der Waals surface area contributed by atoms with Gasteiger partial charge in [-0.25, -0.2) is 4.68 Å². The third-order valence-corrected chi connectivity index (χ3v) is 5.71. The van der Waals surface area contributed by atoms with Gasteiger partial charge in [-0.1, -0.05) is 0 Å². The summed E-state index contributed by atoms with van der Waals surface area (Å²) in [6, 6.07) is 1.60. The average molecular weight is 274 g/mol. The first-order chi connectivity index (χ1) is 9.53. The van der Waals surface area contributed by atoms with E-state index in [2.05, 4.69) is 5.10 Å². The zero-order valence-electron chi connectivity index (χ0n) is 11.7. The van der Waals surface area contributed by atoms with Gasteiger partial charge in [-0.15, -0.1) is 0 Å². The fourth-order valence-corrected chi connectivity index (χ4v) is 5.48. The maximum atomic E-state index is 11.2. The van der Waals surface area contributed by atoms with Crippen molar-refractivity contribution in [2.75, 3.05) is 5.73 Å². The Morgan fingerprint density at radius 2 is 1.80 bits per heavy atom. The predicted octanol–water partition coefficient (Wildman–Crippen LogP) is 1.78. The van der Waals surface area contributed by atoms with Gasteiger partial charge in [0.25, 0.3) is 5.91 Å². The number of nitrogens with two attached hydrogens (primary N) is 2. The van der Waals surface area contributed by atoms with Crippen molar-refractivity contribution in [2.24, 2.45) is 28.9 Å². The van der Waals surface area contributed by atoms with E-state index in [9.17, 15) is 4.79 Å². The van der Waals surface area contributed by atoms with Crippen LogP contribution >= 0.6 is 0 Å². The van der Waals surface area contributed by atoms with Crippen molar-refractivity contribution in [2.45, 2.75) is 45.1 Å². The van der Waals surface area contributed by atoms with Gasteiger partial charge < -0.3 is 11.5 Å². The SMILES string of the molecule is NC(=O)c1cc(N)n(CC23CC4CC(CC(C4)C2)C3)n1. The van der Waals surface area contributed by atoms with Crippen LogP contribution in [0.25, 0.3) is 0 Å². The molecule has 0 radical (unpaired) electrons. The minimum absolute atomic E-state index is 0.284. The lowest BCUT2D eigenvalue weighted by Gasteiger charge is -2.56. The van der Waals surface area contributed by atoms with Crippen LogP contribution in [-0.4, -0.2) is 15.7 Å². The highest BCUT2D eigenvalue weighted by Gasteiger charge is 2.51. The summed E-state index contributed by atoms with van der Waals surface area (Å²) in [6.07, 6.45) is 8.22. The summed E-state index contributed by atoms with van der Waals surface area (Å²) in [4.78, 5) is 11.2. The van der Waals surface area contributed by atoms with Gasteiger partial charge in [0, 0.05) is 12.6 Å². The molecule has 4 aliphatic carbocycles. The molecule has 108 valence electrons. The smallest absolute Gasteiger partial charge is 0.269 e. The summed E-state index contributed by atoms with van der Waals surface area (Å²) in [5, 5.41) is 4.30. The molecular formula is C15H22N4O. The minimum atomic E-state index is -0.499. The number of primary amides is 1. The van der Waals surface area contributed by atoms with Crippen molar-refractivity contribution in [3.8, 4) is 0 Å². The van der Waals surface area contributed by atoms with E-state index in [0.717, 1.165) is 24.3 Å². The van der Waals surface area contributed by atoms with Crippen LogP contribution in [0.5, 0.6) is 0 Å². The predicted molar refractivity (Wildman–Crippen MR) is 75.8 cm³/mol. The molecule has 4 N–H and O–H groups in total. The van der Waals surface area contributed by atoms with Crippen LogP contribution in [0.4, 0.5) is 5.82 Å². The van der Waals surface area contributed by atoms with Crippen LogP contribution in [-0.2, 0) is 6.54 Å². The Kier molecular flexibility index (Phi) is 2.44. The molecule has 0 spiro atoms. The number of hydrogen-bond acceptors (Lipinski definition) is 3. The monoisotopic (exact) mass is 274 g/mol. The second-order valence-corrected chi connectivity index (χ2v) is 7.39. The van der Waals surface area contributed by atoms with Crippen LogP contribution in [0.3, 0.4) is 0 Å². The first kappa shape index (κ1) is 12.2. The molecule has 4 bridgehead atoms. The topological polar surface area (TPSA) is 86.9 Å². The molecule has 20 heavy (non-hydrogen) atoms. The van der Waals surface area contributed by atoms with Crippen molar-refractivity contribution in [3.05, 3.63) is 11.8 Å². The number of amides is 1. The molecule has 1 heterocycles. The van der Waals surface area contributed by atoms with Crippen LogP contribution in [0.2, 0.25) is 0 Å². The van der Waals surface area contributed by atoms with E-state index < -0.39 is 5.91 Å². The van der Waals surface area contributed by atoms with Crippen molar-refractivity contribution >= 4 is 11.7 Å². The van der Waals surface area contributed by atoms with E-state index in [-0.39, 0.29) is 5.69 Å². The number of anilines is 1. The third kappa shape index (κ3) is 1.83. The Labute approximate surface area is 118 Å². The summed E-state index contributed by atoms with van der Waals surface area (Å²) < 4.78 is 1.81. The zero-order chi connectivity index (χ0) is 13.9. The maximum absolute atomic E-state index is 11.2. The first-order valence-electron chi connectivity index (χ1n) is 7.66. The molecule has 5 heteroatoms. The van der Waals surface area contributed by atoms with Crippen molar-refractivity contribution < 1.29 is 4.79 Å². The molecule has 4 fully saturated rings. The van der Waals surface area contributed by atoms with Gasteiger partial charge in [0.1, 0.15) is 5.82 Å². The molecule has 1 aromatic rings. The molecule has 0 saturated heterocycles. The molecule has 0 aromatic carbocycles. The van der Waals surface area contributed by atoms with Crippen molar-refractivity contribution in [3.63, 3.8) is 0 Å². The fourth-order valence-electron chi connectivity index (χ4n) is 5.48. The van der Waals surface area contributed by atoms with Crippen LogP contribution in [0.15, 0.2) is 6.07 Å². The quantitative estimate of drug-likeness (QED) is 0.880. The number of carbonyl (C=O) groups excluding carboxylic acids is 1. The molecule has 5 nitrogen and oxygen atoms in total. The van der Waals surface area contributed by atoms with Gasteiger partial charge in [-0.3, -0.25) is 4.79 Å². The maximum Gasteiger partial charge on any atom is 0.269 e. The first-order valence-corrected chi connectivity index (χ1v) is 7.66. The molecular weight excluding hydrogens is 252 g/mol. The molecule has 1 amide bonds.